The largest absolute Gasteiger partial charge is 0.280 e. The summed E-state index contributed by atoms with van der Waals surface area (Å²) in [6, 6.07) is 1.31. The van der Waals surface area contributed by atoms with E-state index in [0.29, 0.717) is 10.9 Å². The lowest BCUT2D eigenvalue weighted by molar-refractivity contribution is 0.145. The molecule has 0 atom stereocenters. The van der Waals surface area contributed by atoms with Crippen molar-refractivity contribution in [2.75, 3.05) is 5.75 Å². The van der Waals surface area contributed by atoms with Gasteiger partial charge in [-0.3, -0.25) is 0 Å². The van der Waals surface area contributed by atoms with E-state index < -0.39 is 6.43 Å². The van der Waals surface area contributed by atoms with Gasteiger partial charge in [0.25, 0.3) is 6.43 Å². The van der Waals surface area contributed by atoms with Crippen LogP contribution in [-0.4, -0.2) is 15.7 Å². The fraction of sp³-hybridized carbons (Fsp3) is 0.500. The zero-order valence-corrected chi connectivity index (χ0v) is 8.24. The lowest BCUT2D eigenvalue weighted by Crippen LogP contribution is -1.97. The van der Waals surface area contributed by atoms with Gasteiger partial charge in [-0.2, -0.15) is 0 Å². The van der Waals surface area contributed by atoms with Crippen molar-refractivity contribution in [3.63, 3.8) is 0 Å². The normalized spacial score (nSPS) is 10.8. The summed E-state index contributed by atoms with van der Waals surface area (Å²) in [6.45, 7) is 3.62. The van der Waals surface area contributed by atoms with E-state index in [9.17, 15) is 8.78 Å². The minimum Gasteiger partial charge on any atom is -0.228 e. The summed E-state index contributed by atoms with van der Waals surface area (Å²) in [5.74, 6) is 0.784. The molecule has 0 radical (unpaired) electrons. The Labute approximate surface area is 79.8 Å². The molecule has 1 rings (SSSR count). The summed E-state index contributed by atoms with van der Waals surface area (Å²) < 4.78 is 24.5. The molecule has 1 heterocycles. The molecule has 2 nitrogen and oxygen atoms in total. The average Bonchev–Trinajstić information content (AvgIpc) is 2.03. The van der Waals surface area contributed by atoms with Crippen LogP contribution in [0.2, 0.25) is 0 Å². The fourth-order valence-electron chi connectivity index (χ4n) is 0.870. The minimum atomic E-state index is -2.52. The van der Waals surface area contributed by atoms with E-state index in [2.05, 4.69) is 9.97 Å². The molecule has 0 N–H and O–H groups in total. The predicted molar refractivity (Wildman–Crippen MR) is 48.1 cm³/mol. The molecule has 0 bridgehead atoms. The van der Waals surface area contributed by atoms with Gasteiger partial charge in [-0.05, 0) is 18.7 Å². The molecule has 0 aliphatic rings. The molecule has 13 heavy (non-hydrogen) atoms. The van der Waals surface area contributed by atoms with Crippen molar-refractivity contribution >= 4 is 11.8 Å². The van der Waals surface area contributed by atoms with E-state index in [1.165, 1.54) is 17.8 Å². The van der Waals surface area contributed by atoms with Crippen molar-refractivity contribution in [2.24, 2.45) is 0 Å². The summed E-state index contributed by atoms with van der Waals surface area (Å²) in [5.41, 5.74) is 0.393. The molecule has 0 aliphatic heterocycles. The highest BCUT2D eigenvalue weighted by Crippen LogP contribution is 2.20. The van der Waals surface area contributed by atoms with Gasteiger partial charge in [0.05, 0.1) is 0 Å². The number of halogens is 2. The highest BCUT2D eigenvalue weighted by Gasteiger charge is 2.11. The Morgan fingerprint density at radius 2 is 2.15 bits per heavy atom. The lowest BCUT2D eigenvalue weighted by atomic mass is 10.3. The number of rotatable bonds is 3. The first-order valence-corrected chi connectivity index (χ1v) is 4.88. The van der Waals surface area contributed by atoms with Crippen LogP contribution in [0.4, 0.5) is 8.78 Å². The Morgan fingerprint density at radius 1 is 1.46 bits per heavy atom. The molecule has 0 spiro atoms. The average molecular weight is 204 g/mol. The molecular weight excluding hydrogens is 194 g/mol. The van der Waals surface area contributed by atoms with Gasteiger partial charge in [0, 0.05) is 5.69 Å². The van der Waals surface area contributed by atoms with Gasteiger partial charge in [0.2, 0.25) is 0 Å². The second-order valence-corrected chi connectivity index (χ2v) is 3.68. The van der Waals surface area contributed by atoms with Gasteiger partial charge in [-0.25, -0.2) is 18.7 Å². The Morgan fingerprint density at radius 3 is 2.69 bits per heavy atom. The van der Waals surface area contributed by atoms with E-state index in [1.807, 2.05) is 6.92 Å². The van der Waals surface area contributed by atoms with Gasteiger partial charge in [0.1, 0.15) is 5.69 Å². The van der Waals surface area contributed by atoms with E-state index >= 15 is 0 Å². The maximum absolute atomic E-state index is 12.3. The second kappa shape index (κ2) is 4.50. The number of alkyl halides is 2. The van der Waals surface area contributed by atoms with Crippen molar-refractivity contribution in [3.05, 3.63) is 17.5 Å². The first-order chi connectivity index (χ1) is 6.13. The lowest BCUT2D eigenvalue weighted by Gasteiger charge is -2.03. The Bertz CT molecular complexity index is 291. The third kappa shape index (κ3) is 2.91. The quantitative estimate of drug-likeness (QED) is 0.559. The van der Waals surface area contributed by atoms with Crippen molar-refractivity contribution in [3.8, 4) is 0 Å². The molecule has 0 aromatic carbocycles. The van der Waals surface area contributed by atoms with Crippen molar-refractivity contribution in [1.82, 2.24) is 9.97 Å². The number of aromatic nitrogens is 2. The number of hydrogen-bond donors (Lipinski definition) is 0. The first kappa shape index (κ1) is 10.4. The molecule has 0 amide bonds. The maximum atomic E-state index is 12.3. The molecule has 0 aliphatic carbocycles. The third-order valence-electron chi connectivity index (χ3n) is 1.35. The molecule has 0 saturated heterocycles. The summed E-state index contributed by atoms with van der Waals surface area (Å²) in [5, 5.41) is 0.429. The molecule has 0 saturated carbocycles. The van der Waals surface area contributed by atoms with Crippen molar-refractivity contribution in [1.29, 1.82) is 0 Å². The number of aryl methyl sites for hydroxylation is 1. The monoisotopic (exact) mass is 204 g/mol. The number of hydrogen-bond acceptors (Lipinski definition) is 3. The van der Waals surface area contributed by atoms with Gasteiger partial charge in [0.15, 0.2) is 5.16 Å². The van der Waals surface area contributed by atoms with Crippen molar-refractivity contribution < 1.29 is 8.78 Å². The van der Waals surface area contributed by atoms with Crippen LogP contribution in [-0.2, 0) is 0 Å². The summed E-state index contributed by atoms with van der Waals surface area (Å²) in [7, 11) is 0. The van der Waals surface area contributed by atoms with Gasteiger partial charge in [-0.1, -0.05) is 18.7 Å². The standard InChI is InChI=1S/C8H10F2N2S/c1-3-13-8-11-5(2)4-6(12-8)7(9)10/h4,7H,3H2,1-2H3. The molecule has 0 fully saturated rings. The van der Waals surface area contributed by atoms with Crippen LogP contribution in [0.15, 0.2) is 11.2 Å². The van der Waals surface area contributed by atoms with Crippen LogP contribution in [0.25, 0.3) is 0 Å². The topological polar surface area (TPSA) is 25.8 Å². The molecule has 1 aromatic heterocycles. The fourth-order valence-corrected chi connectivity index (χ4v) is 1.51. The zero-order chi connectivity index (χ0) is 9.84. The second-order valence-electron chi connectivity index (χ2n) is 2.45. The Kier molecular flexibility index (Phi) is 3.59. The summed E-state index contributed by atoms with van der Waals surface area (Å²) >= 11 is 1.37. The van der Waals surface area contributed by atoms with Gasteiger partial charge in [-0.15, -0.1) is 0 Å². The van der Waals surface area contributed by atoms with Crippen LogP contribution in [0.1, 0.15) is 24.7 Å². The predicted octanol–water partition coefficient (Wildman–Crippen LogP) is 2.83. The Balaban J connectivity index is 2.96. The van der Waals surface area contributed by atoms with Crippen LogP contribution >= 0.6 is 11.8 Å². The Hall–Kier alpha value is -0.710. The van der Waals surface area contributed by atoms with Crippen molar-refractivity contribution in [2.45, 2.75) is 25.4 Å². The third-order valence-corrected chi connectivity index (χ3v) is 2.08. The zero-order valence-electron chi connectivity index (χ0n) is 7.42. The van der Waals surface area contributed by atoms with Crippen LogP contribution < -0.4 is 0 Å². The first-order valence-electron chi connectivity index (χ1n) is 3.90. The summed E-state index contributed by atoms with van der Waals surface area (Å²) in [6.07, 6.45) is -2.52. The smallest absolute Gasteiger partial charge is 0.228 e. The van der Waals surface area contributed by atoms with E-state index in [-0.39, 0.29) is 5.69 Å². The van der Waals surface area contributed by atoms with Gasteiger partial charge < -0.3 is 0 Å². The minimum absolute atomic E-state index is 0.191. The van der Waals surface area contributed by atoms with E-state index in [1.54, 1.807) is 6.92 Å². The molecule has 72 valence electrons. The van der Waals surface area contributed by atoms with Crippen LogP contribution in [0.3, 0.4) is 0 Å². The molecular formula is C8H10F2N2S. The highest BCUT2D eigenvalue weighted by atomic mass is 32.2. The summed E-state index contributed by atoms with van der Waals surface area (Å²) in [4.78, 5) is 7.75. The van der Waals surface area contributed by atoms with E-state index in [4.69, 9.17) is 0 Å². The molecule has 5 heteroatoms. The number of thioether (sulfide) groups is 1. The SMILES string of the molecule is CCSc1nc(C)cc(C(F)F)n1. The molecule has 0 unspecified atom stereocenters. The van der Waals surface area contributed by atoms with E-state index in [0.717, 1.165) is 5.75 Å². The van der Waals surface area contributed by atoms with Gasteiger partial charge >= 0.3 is 0 Å². The van der Waals surface area contributed by atoms with Crippen LogP contribution in [0, 0.1) is 6.92 Å². The molecule has 1 aromatic rings. The number of nitrogens with zero attached hydrogens (tertiary/aromatic N) is 2. The van der Waals surface area contributed by atoms with Crippen LogP contribution in [0.5, 0.6) is 0 Å². The highest BCUT2D eigenvalue weighted by molar-refractivity contribution is 7.99. The maximum Gasteiger partial charge on any atom is 0.280 e.